The van der Waals surface area contributed by atoms with Gasteiger partial charge in [-0.15, -0.1) is 0 Å². The van der Waals surface area contributed by atoms with Crippen LogP contribution in [0.1, 0.15) is 290 Å². The third kappa shape index (κ3) is 47.8. The second kappa shape index (κ2) is 58.3. The molecule has 12 nitrogen and oxygen atoms in total. The Morgan fingerprint density at radius 1 is 0.410 bits per heavy atom. The van der Waals surface area contributed by atoms with E-state index in [0.29, 0.717) is 25.7 Å². The summed E-state index contributed by atoms with van der Waals surface area (Å²) in [5.74, 6) is -3.19. The monoisotopic (exact) mass is 1160 g/mol. The normalized spacial score (nSPS) is 18.1. The van der Waals surface area contributed by atoms with Crippen molar-refractivity contribution in [1.82, 2.24) is 0 Å². The minimum absolute atomic E-state index is 0.0203. The molecule has 1 fully saturated rings. The Bertz CT molecular complexity index is 1760. The van der Waals surface area contributed by atoms with E-state index in [9.17, 15) is 34.5 Å². The molecule has 12 heteroatoms. The standard InChI is InChI=1S/C71H120O12/c1-4-7-10-13-16-19-22-25-28-31-32-35-36-39-42-45-48-51-54-57-63(72)79-60-62(81-64(73)58-55-52-49-46-43-40-37-33-29-26-23-20-17-14-11-8-5-2)61-80-71-69(67(76)66(75)68(83-71)70(77)78)82-65(74)59-56-53-50-47-44-41-38-34-30-27-24-21-18-15-12-9-6-3/h9,12,17-18,20-21,26-27,29-30,38,41,47,50,62,66-69,71,75-76H,4-8,10-11,13-16,19,22-25,28,31-37,39-40,42-46,48-49,51-61H2,1-3H3,(H,77,78)/b12-9-,20-17-,21-18-,29-26-,30-27-,41-38-,50-47-. The van der Waals surface area contributed by atoms with Crippen molar-refractivity contribution in [1.29, 1.82) is 0 Å². The molecule has 1 saturated heterocycles. The summed E-state index contributed by atoms with van der Waals surface area (Å²) in [6, 6.07) is 0. The molecule has 0 spiro atoms. The van der Waals surface area contributed by atoms with Crippen LogP contribution < -0.4 is 0 Å². The number of unbranched alkanes of at least 4 members (excludes halogenated alkanes) is 29. The molecule has 0 aromatic carbocycles. The number of aliphatic hydroxyl groups is 2. The predicted octanol–water partition coefficient (Wildman–Crippen LogP) is 18.2. The van der Waals surface area contributed by atoms with Crippen LogP contribution in [0.25, 0.3) is 0 Å². The Balaban J connectivity index is 2.68. The van der Waals surface area contributed by atoms with E-state index in [2.05, 4.69) is 93.7 Å². The first-order chi connectivity index (χ1) is 40.6. The molecule has 0 radical (unpaired) electrons. The summed E-state index contributed by atoms with van der Waals surface area (Å²) in [6.07, 6.45) is 64.0. The third-order valence-corrected chi connectivity index (χ3v) is 15.0. The number of allylic oxidation sites excluding steroid dienone is 14. The molecule has 0 aromatic rings. The maximum atomic E-state index is 13.2. The van der Waals surface area contributed by atoms with Gasteiger partial charge in [-0.1, -0.05) is 266 Å². The number of aliphatic hydroxyl groups excluding tert-OH is 2. The van der Waals surface area contributed by atoms with Gasteiger partial charge in [-0.05, 0) is 89.9 Å². The van der Waals surface area contributed by atoms with Gasteiger partial charge in [-0.25, -0.2) is 4.79 Å². The van der Waals surface area contributed by atoms with Crippen molar-refractivity contribution < 1.29 is 58.2 Å². The van der Waals surface area contributed by atoms with Crippen LogP contribution in [0.5, 0.6) is 0 Å². The second-order valence-corrected chi connectivity index (χ2v) is 22.7. The van der Waals surface area contributed by atoms with Crippen LogP contribution >= 0.6 is 0 Å². The molecule has 83 heavy (non-hydrogen) atoms. The van der Waals surface area contributed by atoms with Crippen molar-refractivity contribution in [3.8, 4) is 0 Å². The largest absolute Gasteiger partial charge is 0.479 e. The highest BCUT2D eigenvalue weighted by atomic mass is 16.7. The van der Waals surface area contributed by atoms with Crippen LogP contribution in [-0.2, 0) is 42.9 Å². The van der Waals surface area contributed by atoms with Crippen molar-refractivity contribution in [2.24, 2.45) is 0 Å². The van der Waals surface area contributed by atoms with Gasteiger partial charge in [0, 0.05) is 19.3 Å². The van der Waals surface area contributed by atoms with E-state index in [1.54, 1.807) is 0 Å². The van der Waals surface area contributed by atoms with Gasteiger partial charge in [0.15, 0.2) is 24.6 Å². The summed E-state index contributed by atoms with van der Waals surface area (Å²) >= 11 is 0. The van der Waals surface area contributed by atoms with Crippen molar-refractivity contribution in [2.45, 2.75) is 327 Å². The molecule has 0 bridgehead atoms. The minimum atomic E-state index is -1.93. The van der Waals surface area contributed by atoms with E-state index in [1.807, 2.05) is 12.2 Å². The number of hydrogen-bond donors (Lipinski definition) is 3. The lowest BCUT2D eigenvalue weighted by atomic mass is 9.98. The van der Waals surface area contributed by atoms with Crippen LogP contribution in [0, 0.1) is 0 Å². The first kappa shape index (κ1) is 76.9. The van der Waals surface area contributed by atoms with Crippen LogP contribution in [0.2, 0.25) is 0 Å². The SMILES string of the molecule is CC/C=C\C/C=C\C/C=C\C/C=C\C/C=C\CCCC(=O)OC1C(OCC(COC(=O)CCCCCCCCCCCCCCCCCCCCC)OC(=O)CCCCCCCCC/C=C\C/C=C\CCCCC)OC(C(=O)O)C(O)C1O. The Kier molecular flexibility index (Phi) is 54.0. The maximum absolute atomic E-state index is 13.2. The zero-order valence-corrected chi connectivity index (χ0v) is 52.7. The summed E-state index contributed by atoms with van der Waals surface area (Å²) in [5.41, 5.74) is 0. The molecule has 0 amide bonds. The van der Waals surface area contributed by atoms with E-state index in [-0.39, 0.29) is 25.9 Å². The Hall–Kier alpha value is -4.10. The predicted molar refractivity (Wildman–Crippen MR) is 340 cm³/mol. The summed E-state index contributed by atoms with van der Waals surface area (Å²) < 4.78 is 28.5. The highest BCUT2D eigenvalue weighted by Gasteiger charge is 2.50. The Labute approximate surface area is 505 Å². The van der Waals surface area contributed by atoms with Crippen LogP contribution in [-0.4, -0.2) is 89.2 Å². The molecule has 0 aliphatic carbocycles. The molecule has 0 aromatic heterocycles. The zero-order chi connectivity index (χ0) is 60.3. The number of aliphatic carboxylic acids is 1. The Morgan fingerprint density at radius 3 is 1.22 bits per heavy atom. The average molecular weight is 1170 g/mol. The molecule has 1 aliphatic heterocycles. The fourth-order valence-electron chi connectivity index (χ4n) is 9.85. The number of carboxylic acids is 1. The molecule has 3 N–H and O–H groups in total. The van der Waals surface area contributed by atoms with Crippen molar-refractivity contribution in [3.63, 3.8) is 0 Å². The first-order valence-corrected chi connectivity index (χ1v) is 33.6. The molecule has 0 saturated carbocycles. The highest BCUT2D eigenvalue weighted by Crippen LogP contribution is 2.26. The summed E-state index contributed by atoms with van der Waals surface area (Å²) in [4.78, 5) is 51.4. The molecular weight excluding hydrogens is 1040 g/mol. The molecule has 1 heterocycles. The smallest absolute Gasteiger partial charge is 0.335 e. The molecule has 6 atom stereocenters. The van der Waals surface area contributed by atoms with Gasteiger partial charge >= 0.3 is 23.9 Å². The van der Waals surface area contributed by atoms with Gasteiger partial charge < -0.3 is 39.0 Å². The minimum Gasteiger partial charge on any atom is -0.479 e. The number of carbonyl (C=O) groups is 4. The lowest BCUT2D eigenvalue weighted by Gasteiger charge is -2.40. The summed E-state index contributed by atoms with van der Waals surface area (Å²) in [7, 11) is 0. The number of ether oxygens (including phenoxy) is 5. The lowest BCUT2D eigenvalue weighted by Crippen LogP contribution is -2.61. The Morgan fingerprint density at radius 2 is 0.771 bits per heavy atom. The van der Waals surface area contributed by atoms with Crippen molar-refractivity contribution in [3.05, 3.63) is 85.1 Å². The number of hydrogen-bond acceptors (Lipinski definition) is 11. The number of carbonyl (C=O) groups excluding carboxylic acids is 3. The van der Waals surface area contributed by atoms with Crippen LogP contribution in [0.3, 0.4) is 0 Å². The van der Waals surface area contributed by atoms with Gasteiger partial charge in [0.25, 0.3) is 0 Å². The summed E-state index contributed by atoms with van der Waals surface area (Å²) in [5, 5.41) is 31.6. The van der Waals surface area contributed by atoms with Crippen molar-refractivity contribution >= 4 is 23.9 Å². The van der Waals surface area contributed by atoms with Gasteiger partial charge in [-0.2, -0.15) is 0 Å². The average Bonchev–Trinajstić information content (AvgIpc) is 3.55. The molecule has 476 valence electrons. The van der Waals surface area contributed by atoms with Crippen LogP contribution in [0.15, 0.2) is 85.1 Å². The van der Waals surface area contributed by atoms with Crippen molar-refractivity contribution in [2.75, 3.05) is 13.2 Å². The molecule has 6 unspecified atom stereocenters. The second-order valence-electron chi connectivity index (χ2n) is 22.7. The van der Waals surface area contributed by atoms with E-state index >= 15 is 0 Å². The van der Waals surface area contributed by atoms with Crippen LogP contribution in [0.4, 0.5) is 0 Å². The fraction of sp³-hybridized carbons (Fsp3) is 0.746. The number of rotatable bonds is 57. The number of esters is 3. The zero-order valence-electron chi connectivity index (χ0n) is 52.7. The molecular formula is C71H120O12. The lowest BCUT2D eigenvalue weighted by molar-refractivity contribution is -0.301. The quantitative estimate of drug-likeness (QED) is 0.0228. The van der Waals surface area contributed by atoms with E-state index < -0.39 is 67.3 Å². The van der Waals surface area contributed by atoms with E-state index in [1.165, 1.54) is 128 Å². The fourth-order valence-corrected chi connectivity index (χ4v) is 9.85. The van der Waals surface area contributed by atoms with Gasteiger partial charge in [-0.3, -0.25) is 14.4 Å². The summed E-state index contributed by atoms with van der Waals surface area (Å²) in [6.45, 7) is 5.87. The number of carboxylic acid groups (broad SMARTS) is 1. The third-order valence-electron chi connectivity index (χ3n) is 15.0. The first-order valence-electron chi connectivity index (χ1n) is 33.6. The van der Waals surface area contributed by atoms with Gasteiger partial charge in [0.05, 0.1) is 6.61 Å². The van der Waals surface area contributed by atoms with E-state index in [0.717, 1.165) is 96.3 Å². The molecule has 1 rings (SSSR count). The van der Waals surface area contributed by atoms with Gasteiger partial charge in [0.1, 0.15) is 18.8 Å². The topological polar surface area (TPSA) is 175 Å². The maximum Gasteiger partial charge on any atom is 0.335 e. The highest BCUT2D eigenvalue weighted by molar-refractivity contribution is 5.74. The molecule has 1 aliphatic rings. The van der Waals surface area contributed by atoms with E-state index in [4.69, 9.17) is 23.7 Å². The van der Waals surface area contributed by atoms with Gasteiger partial charge in [0.2, 0.25) is 0 Å².